The van der Waals surface area contributed by atoms with Crippen molar-refractivity contribution in [2.45, 2.75) is 13.0 Å². The van der Waals surface area contributed by atoms with Gasteiger partial charge >= 0.3 is 0 Å². The van der Waals surface area contributed by atoms with Crippen LogP contribution < -0.4 is 10.6 Å². The van der Waals surface area contributed by atoms with E-state index in [9.17, 15) is 15.0 Å². The first-order valence-corrected chi connectivity index (χ1v) is 6.85. The first-order chi connectivity index (χ1) is 9.51. The Balaban J connectivity index is 2.11. The number of carbonyl (C=O) groups excluding carboxylic acids is 1. The van der Waals surface area contributed by atoms with Crippen LogP contribution in [0.3, 0.4) is 0 Å². The molecule has 1 aromatic carbocycles. The molecule has 20 heavy (non-hydrogen) atoms. The Bertz CT molecular complexity index is 627. The highest BCUT2D eigenvalue weighted by atomic mass is 32.1. The fourth-order valence-corrected chi connectivity index (χ4v) is 2.32. The van der Waals surface area contributed by atoms with Crippen molar-refractivity contribution in [3.8, 4) is 11.5 Å². The Morgan fingerprint density at radius 2 is 2.10 bits per heavy atom. The molecule has 0 saturated heterocycles. The van der Waals surface area contributed by atoms with Crippen molar-refractivity contribution >= 4 is 22.4 Å². The minimum atomic E-state index is -0.390. The van der Waals surface area contributed by atoms with Crippen molar-refractivity contribution in [2.24, 2.45) is 0 Å². The maximum absolute atomic E-state index is 12.0. The molecule has 1 unspecified atom stereocenters. The molecule has 0 saturated carbocycles. The maximum Gasteiger partial charge on any atom is 0.257 e. The topological polar surface area (TPSA) is 94.5 Å². The van der Waals surface area contributed by atoms with Crippen LogP contribution in [0, 0.1) is 0 Å². The number of amides is 1. The van der Waals surface area contributed by atoms with E-state index in [4.69, 9.17) is 0 Å². The maximum atomic E-state index is 12.0. The highest BCUT2D eigenvalue weighted by Crippen LogP contribution is 2.26. The van der Waals surface area contributed by atoms with Crippen LogP contribution in [0.15, 0.2) is 23.6 Å². The highest BCUT2D eigenvalue weighted by Gasteiger charge is 2.13. The zero-order chi connectivity index (χ0) is 14.7. The van der Waals surface area contributed by atoms with Crippen molar-refractivity contribution in [1.82, 2.24) is 10.3 Å². The first-order valence-electron chi connectivity index (χ1n) is 5.97. The molecule has 1 atom stereocenters. The minimum Gasteiger partial charge on any atom is -0.504 e. The normalized spacial score (nSPS) is 12.1. The predicted molar refractivity (Wildman–Crippen MR) is 77.3 cm³/mol. The standard InChI is InChI=1S/C13H15N3O3S/c1-7(14-2)9-6-20-13(15-9)16-12(19)8-3-4-10(17)11(18)5-8/h3-7,14,17-18H,1-2H3,(H,15,16,19). The van der Waals surface area contributed by atoms with Gasteiger partial charge in [-0.25, -0.2) is 4.98 Å². The molecule has 1 heterocycles. The molecule has 0 radical (unpaired) electrons. The van der Waals surface area contributed by atoms with Crippen molar-refractivity contribution < 1.29 is 15.0 Å². The van der Waals surface area contributed by atoms with Gasteiger partial charge in [-0.1, -0.05) is 0 Å². The lowest BCUT2D eigenvalue weighted by atomic mass is 10.2. The summed E-state index contributed by atoms with van der Waals surface area (Å²) in [5.74, 6) is -0.986. The molecule has 2 aromatic rings. The number of phenolic OH excluding ortho intramolecular Hbond substituents is 2. The quantitative estimate of drug-likeness (QED) is 0.648. The van der Waals surface area contributed by atoms with Gasteiger partial charge in [0.1, 0.15) is 0 Å². The second kappa shape index (κ2) is 5.89. The zero-order valence-corrected chi connectivity index (χ0v) is 11.9. The summed E-state index contributed by atoms with van der Waals surface area (Å²) >= 11 is 1.33. The number of hydrogen-bond donors (Lipinski definition) is 4. The first kappa shape index (κ1) is 14.3. The lowest BCUT2D eigenvalue weighted by Crippen LogP contribution is -2.14. The van der Waals surface area contributed by atoms with E-state index in [-0.39, 0.29) is 23.1 Å². The fourth-order valence-electron chi connectivity index (χ4n) is 1.52. The number of aromatic nitrogens is 1. The van der Waals surface area contributed by atoms with Gasteiger partial charge in [-0.05, 0) is 32.2 Å². The van der Waals surface area contributed by atoms with Gasteiger partial charge in [-0.15, -0.1) is 11.3 Å². The monoisotopic (exact) mass is 293 g/mol. The number of thiazole rings is 1. The summed E-state index contributed by atoms with van der Waals surface area (Å²) in [4.78, 5) is 16.3. The average Bonchev–Trinajstić information content (AvgIpc) is 2.89. The lowest BCUT2D eigenvalue weighted by Gasteiger charge is -2.05. The van der Waals surface area contributed by atoms with E-state index in [2.05, 4.69) is 15.6 Å². The molecule has 0 aliphatic rings. The number of hydrogen-bond acceptors (Lipinski definition) is 6. The van der Waals surface area contributed by atoms with Gasteiger partial charge in [0.25, 0.3) is 5.91 Å². The molecule has 1 aromatic heterocycles. The Morgan fingerprint density at radius 1 is 1.35 bits per heavy atom. The van der Waals surface area contributed by atoms with E-state index in [0.29, 0.717) is 5.13 Å². The zero-order valence-electron chi connectivity index (χ0n) is 11.0. The summed E-state index contributed by atoms with van der Waals surface area (Å²) in [7, 11) is 1.83. The Morgan fingerprint density at radius 3 is 2.75 bits per heavy atom. The number of phenols is 2. The van der Waals surface area contributed by atoms with Crippen LogP contribution in [0.25, 0.3) is 0 Å². The number of nitrogens with one attached hydrogen (secondary N) is 2. The SMILES string of the molecule is CNC(C)c1csc(NC(=O)c2ccc(O)c(O)c2)n1. The number of carbonyl (C=O) groups is 1. The third-order valence-corrected chi connectivity index (χ3v) is 3.63. The molecule has 7 heteroatoms. The van der Waals surface area contributed by atoms with E-state index >= 15 is 0 Å². The largest absolute Gasteiger partial charge is 0.504 e. The van der Waals surface area contributed by atoms with Crippen LogP contribution in [0.5, 0.6) is 11.5 Å². The Hall–Kier alpha value is -2.12. The van der Waals surface area contributed by atoms with Gasteiger partial charge in [0, 0.05) is 17.0 Å². The van der Waals surface area contributed by atoms with Crippen LogP contribution in [-0.4, -0.2) is 28.2 Å². The number of rotatable bonds is 4. The van der Waals surface area contributed by atoms with Gasteiger partial charge < -0.3 is 15.5 Å². The predicted octanol–water partition coefficient (Wildman–Crippen LogP) is 2.09. The molecule has 0 aliphatic heterocycles. The second-order valence-corrected chi connectivity index (χ2v) is 5.10. The molecule has 0 aliphatic carbocycles. The summed E-state index contributed by atoms with van der Waals surface area (Å²) in [5.41, 5.74) is 1.10. The van der Waals surface area contributed by atoms with Gasteiger partial charge in [-0.3, -0.25) is 10.1 Å². The molecule has 1 amide bonds. The van der Waals surface area contributed by atoms with Crippen LogP contribution in [0.4, 0.5) is 5.13 Å². The molecular weight excluding hydrogens is 278 g/mol. The summed E-state index contributed by atoms with van der Waals surface area (Å²) in [6.45, 7) is 1.97. The summed E-state index contributed by atoms with van der Waals surface area (Å²) in [6, 6.07) is 4.00. The van der Waals surface area contributed by atoms with E-state index in [1.807, 2.05) is 19.4 Å². The van der Waals surface area contributed by atoms with Crippen LogP contribution in [0.2, 0.25) is 0 Å². The molecule has 0 fully saturated rings. The van der Waals surface area contributed by atoms with E-state index < -0.39 is 5.91 Å². The van der Waals surface area contributed by atoms with Crippen LogP contribution in [-0.2, 0) is 0 Å². The van der Waals surface area contributed by atoms with E-state index in [1.165, 1.54) is 29.5 Å². The van der Waals surface area contributed by atoms with E-state index in [0.717, 1.165) is 5.69 Å². The molecule has 2 rings (SSSR count). The van der Waals surface area contributed by atoms with Crippen LogP contribution >= 0.6 is 11.3 Å². The third kappa shape index (κ3) is 3.06. The smallest absolute Gasteiger partial charge is 0.257 e. The highest BCUT2D eigenvalue weighted by molar-refractivity contribution is 7.14. The van der Waals surface area contributed by atoms with Gasteiger partial charge in [0.15, 0.2) is 16.6 Å². The van der Waals surface area contributed by atoms with Crippen LogP contribution in [0.1, 0.15) is 29.0 Å². The molecule has 0 bridgehead atoms. The fraction of sp³-hybridized carbons (Fsp3) is 0.231. The van der Waals surface area contributed by atoms with Crippen molar-refractivity contribution in [3.63, 3.8) is 0 Å². The van der Waals surface area contributed by atoms with Crippen molar-refractivity contribution in [1.29, 1.82) is 0 Å². The third-order valence-electron chi connectivity index (χ3n) is 2.86. The number of aromatic hydroxyl groups is 2. The van der Waals surface area contributed by atoms with Crippen molar-refractivity contribution in [3.05, 3.63) is 34.8 Å². The van der Waals surface area contributed by atoms with Crippen molar-refractivity contribution in [2.75, 3.05) is 12.4 Å². The van der Waals surface area contributed by atoms with Gasteiger partial charge in [0.2, 0.25) is 0 Å². The van der Waals surface area contributed by atoms with Gasteiger partial charge in [-0.2, -0.15) is 0 Å². The number of anilines is 1. The average molecular weight is 293 g/mol. The Labute approximate surface area is 120 Å². The van der Waals surface area contributed by atoms with Gasteiger partial charge in [0.05, 0.1) is 5.69 Å². The molecule has 106 valence electrons. The number of benzene rings is 1. The van der Waals surface area contributed by atoms with E-state index in [1.54, 1.807) is 0 Å². The summed E-state index contributed by atoms with van der Waals surface area (Å²) in [5, 5.41) is 26.6. The summed E-state index contributed by atoms with van der Waals surface area (Å²) in [6.07, 6.45) is 0. The minimum absolute atomic E-state index is 0.106. The second-order valence-electron chi connectivity index (χ2n) is 4.25. The summed E-state index contributed by atoms with van der Waals surface area (Å²) < 4.78 is 0. The lowest BCUT2D eigenvalue weighted by molar-refractivity contribution is 0.102. The number of nitrogens with zero attached hydrogens (tertiary/aromatic N) is 1. The molecule has 6 nitrogen and oxygen atoms in total. The molecular formula is C13H15N3O3S. The Kier molecular flexibility index (Phi) is 4.21. The molecule has 0 spiro atoms. The molecule has 4 N–H and O–H groups in total.